The Balaban J connectivity index is 0.000000105. The van der Waals surface area contributed by atoms with Crippen molar-refractivity contribution < 1.29 is 24.9 Å². The molecule has 0 atom stereocenters. The lowest BCUT2D eigenvalue weighted by molar-refractivity contribution is 0.102. The maximum absolute atomic E-state index is 13.0. The minimum Gasteiger partial charge on any atom is -0.508 e. The van der Waals surface area contributed by atoms with Crippen LogP contribution in [0, 0.1) is 6.92 Å². The number of phenolic OH excluding ortho intramolecular Hbond substituents is 3. The van der Waals surface area contributed by atoms with Crippen LogP contribution >= 0.6 is 11.6 Å². The fraction of sp³-hybridized carbons (Fsp3) is 0.00917. The molecule has 0 aliphatic rings. The standard InChI is InChI=1S/C28H19N.C27H19NO2.C27H17NO.C16H13NO.C11H7ClO/c1-18-10-11-20-14-15-24-27(25(20)16-18)23-8-4-5-9-26(23)29-28(24)22-13-12-19-6-2-3-7-21(19)17-22;29-22-15-14-19-8-5-10-23(25(19)17-22)24-9-3-4-11-26(24)28-27(30)21-13-12-18-6-1-2-7-20(18)16-21;29-21-13-11-18-12-14-23-26(24(18)16-21)22-7-3-4-8-25(22)28-27(23)20-10-9-17-5-1-2-6-19(17)15-20;17-16-7-2-1-5-14(16)13-6-3-4-11-8-9-12(18)10-15(11)13;12-11(13)10-6-5-8-3-1-2-4-9(8)7-10/h2-17H,1H3;1-17,29H,(H,28,30);1-16,29H;1-10,18H,17H2;1-7H. The van der Waals surface area contributed by atoms with E-state index < -0.39 is 5.24 Å². The van der Waals surface area contributed by atoms with E-state index in [1.165, 1.54) is 54.0 Å². The van der Waals surface area contributed by atoms with Crippen LogP contribution in [-0.2, 0) is 0 Å². The van der Waals surface area contributed by atoms with Gasteiger partial charge in [-0.3, -0.25) is 9.59 Å². The highest BCUT2D eigenvalue weighted by Crippen LogP contribution is 2.43. The van der Waals surface area contributed by atoms with Gasteiger partial charge in [0.05, 0.1) is 22.4 Å². The van der Waals surface area contributed by atoms with E-state index in [2.05, 4.69) is 176 Å². The minimum absolute atomic E-state index is 0.156. The molecule has 0 saturated carbocycles. The number of carbonyl (C=O) groups excluding carboxylic acids is 2. The summed E-state index contributed by atoms with van der Waals surface area (Å²) in [5.41, 5.74) is 20.1. The van der Waals surface area contributed by atoms with Gasteiger partial charge in [0, 0.05) is 77.1 Å². The van der Waals surface area contributed by atoms with Gasteiger partial charge in [0.2, 0.25) is 0 Å². The molecule has 10 heteroatoms. The number of benzene rings is 20. The number of hydrogen-bond acceptors (Lipinski definition) is 8. The van der Waals surface area contributed by atoms with Crippen molar-refractivity contribution in [2.45, 2.75) is 6.92 Å². The molecule has 9 nitrogen and oxygen atoms in total. The van der Waals surface area contributed by atoms with Crippen molar-refractivity contribution in [3.8, 4) is 62.0 Å². The Hall–Kier alpha value is -15.6. The normalized spacial score (nSPS) is 11.1. The van der Waals surface area contributed by atoms with Crippen molar-refractivity contribution in [2.24, 2.45) is 0 Å². The predicted molar refractivity (Wildman–Crippen MR) is 498 cm³/mol. The van der Waals surface area contributed by atoms with E-state index in [1.54, 1.807) is 42.5 Å². The van der Waals surface area contributed by atoms with Crippen LogP contribution in [0.3, 0.4) is 0 Å². The lowest BCUT2D eigenvalue weighted by Crippen LogP contribution is -2.12. The van der Waals surface area contributed by atoms with E-state index in [4.69, 9.17) is 27.3 Å². The van der Waals surface area contributed by atoms with Crippen molar-refractivity contribution in [1.29, 1.82) is 0 Å². The molecule has 0 spiro atoms. The first-order valence-electron chi connectivity index (χ1n) is 39.3. The third-order valence-corrected chi connectivity index (χ3v) is 22.2. The second kappa shape index (κ2) is 32.7. The smallest absolute Gasteiger partial charge is 0.255 e. The molecule has 22 rings (SSSR count). The predicted octanol–water partition coefficient (Wildman–Crippen LogP) is 28.4. The molecule has 20 aromatic carbocycles. The van der Waals surface area contributed by atoms with Gasteiger partial charge in [-0.2, -0.15) is 0 Å². The van der Waals surface area contributed by atoms with Gasteiger partial charge >= 0.3 is 0 Å². The summed E-state index contributed by atoms with van der Waals surface area (Å²) in [5.74, 6) is 0.603. The molecule has 0 bridgehead atoms. The molecule has 0 unspecified atom stereocenters. The van der Waals surface area contributed by atoms with Crippen LogP contribution in [0.1, 0.15) is 26.3 Å². The van der Waals surface area contributed by atoms with Crippen LogP contribution in [-0.4, -0.2) is 36.4 Å². The van der Waals surface area contributed by atoms with E-state index in [-0.39, 0.29) is 23.2 Å². The molecule has 0 aliphatic heterocycles. The summed E-state index contributed by atoms with van der Waals surface area (Å²) in [7, 11) is 0. The molecule has 6 N–H and O–H groups in total. The summed E-state index contributed by atoms with van der Waals surface area (Å²) in [6, 6.07) is 133. The van der Waals surface area contributed by atoms with Crippen LogP contribution in [0.25, 0.3) is 174 Å². The van der Waals surface area contributed by atoms with Gasteiger partial charge < -0.3 is 26.4 Å². The number of nitrogens with zero attached hydrogens (tertiary/aromatic N) is 2. The number of hydrogen-bond donors (Lipinski definition) is 5. The fourth-order valence-corrected chi connectivity index (χ4v) is 16.3. The van der Waals surface area contributed by atoms with Crippen molar-refractivity contribution in [1.82, 2.24) is 9.97 Å². The Labute approximate surface area is 691 Å². The summed E-state index contributed by atoms with van der Waals surface area (Å²) >= 11 is 5.36. The van der Waals surface area contributed by atoms with Crippen molar-refractivity contribution in [2.75, 3.05) is 11.1 Å². The molecule has 568 valence electrons. The van der Waals surface area contributed by atoms with Gasteiger partial charge in [-0.25, -0.2) is 9.97 Å². The highest BCUT2D eigenvalue weighted by molar-refractivity contribution is 6.67. The number of halogens is 1. The Morgan fingerprint density at radius 3 is 1.14 bits per heavy atom. The average molecular weight is 1560 g/mol. The molecule has 1 amide bonds. The Bertz CT molecular complexity index is 7520. The first kappa shape index (κ1) is 74.8. The Kier molecular flexibility index (Phi) is 20.6. The first-order chi connectivity index (χ1) is 58.3. The van der Waals surface area contributed by atoms with Crippen LogP contribution < -0.4 is 11.1 Å². The number of phenols is 3. The molecule has 2 heterocycles. The summed E-state index contributed by atoms with van der Waals surface area (Å²) in [6.45, 7) is 2.16. The number of aromatic nitrogens is 2. The van der Waals surface area contributed by atoms with Gasteiger partial charge in [0.1, 0.15) is 17.2 Å². The lowest BCUT2D eigenvalue weighted by Gasteiger charge is -2.14. The summed E-state index contributed by atoms with van der Waals surface area (Å²) in [4.78, 5) is 34.0. The molecule has 0 radical (unpaired) electrons. The third kappa shape index (κ3) is 15.5. The maximum Gasteiger partial charge on any atom is 0.255 e. The number of nitrogens with two attached hydrogens (primary N) is 1. The van der Waals surface area contributed by atoms with Crippen LogP contribution in [0.2, 0.25) is 0 Å². The van der Waals surface area contributed by atoms with Gasteiger partial charge in [-0.05, 0) is 213 Å². The van der Waals surface area contributed by atoms with Gasteiger partial charge in [-0.15, -0.1) is 0 Å². The number of amides is 1. The second-order valence-corrected chi connectivity index (χ2v) is 29.9. The molecule has 0 saturated heterocycles. The number of fused-ring (bicyclic) bond motifs is 16. The molecule has 22 aromatic rings. The van der Waals surface area contributed by atoms with Crippen LogP contribution in [0.15, 0.2) is 400 Å². The largest absolute Gasteiger partial charge is 0.508 e. The second-order valence-electron chi connectivity index (χ2n) is 29.6. The third-order valence-electron chi connectivity index (χ3n) is 22.0. The quantitative estimate of drug-likeness (QED) is 0.0599. The highest BCUT2D eigenvalue weighted by atomic mass is 35.5. The van der Waals surface area contributed by atoms with Crippen LogP contribution in [0.5, 0.6) is 17.2 Å². The van der Waals surface area contributed by atoms with Gasteiger partial charge in [0.15, 0.2) is 0 Å². The average Bonchev–Trinajstić information content (AvgIpc) is 0.737. The molecule has 2 aromatic heterocycles. The van der Waals surface area contributed by atoms with E-state index >= 15 is 0 Å². The zero-order chi connectivity index (χ0) is 81.0. The van der Waals surface area contributed by atoms with Crippen molar-refractivity contribution in [3.63, 3.8) is 0 Å². The fourth-order valence-electron chi connectivity index (χ4n) is 16.2. The topological polar surface area (TPSA) is 159 Å². The monoisotopic (exact) mass is 1550 g/mol. The van der Waals surface area contributed by atoms with E-state index in [1.807, 2.05) is 194 Å². The van der Waals surface area contributed by atoms with Crippen molar-refractivity contribution in [3.05, 3.63) is 417 Å². The number of rotatable bonds is 7. The van der Waals surface area contributed by atoms with Crippen LogP contribution in [0.4, 0.5) is 11.4 Å². The lowest BCUT2D eigenvalue weighted by atomic mass is 9.94. The molecule has 0 fully saturated rings. The number of nitrogens with one attached hydrogen (secondary N) is 1. The Morgan fingerprint density at radius 2 is 0.639 bits per heavy atom. The minimum atomic E-state index is -0.411. The number of para-hydroxylation sites is 4. The summed E-state index contributed by atoms with van der Waals surface area (Å²) < 4.78 is 0. The number of aromatic hydroxyl groups is 3. The van der Waals surface area contributed by atoms with Gasteiger partial charge in [-0.1, -0.05) is 309 Å². The Morgan fingerprint density at radius 1 is 0.286 bits per heavy atom. The number of aryl methyl sites for hydroxylation is 1. The van der Waals surface area contributed by atoms with E-state index in [0.29, 0.717) is 11.1 Å². The number of nitrogen functional groups attached to an aromatic ring is 1. The zero-order valence-corrected chi connectivity index (χ0v) is 65.4. The zero-order valence-electron chi connectivity index (χ0n) is 64.6. The number of anilines is 2. The van der Waals surface area contributed by atoms with E-state index in [0.717, 1.165) is 137 Å². The molecule has 0 aliphatic carbocycles. The molecule has 119 heavy (non-hydrogen) atoms. The summed E-state index contributed by atoms with van der Waals surface area (Å²) in [5, 5.41) is 57.4. The highest BCUT2D eigenvalue weighted by Gasteiger charge is 2.19. The van der Waals surface area contributed by atoms with E-state index in [9.17, 15) is 24.9 Å². The SMILES string of the molecule is Cc1ccc2ccc3c(-c4ccc5ccccc5c4)nc4ccccc4c3c2c1.Nc1ccccc1-c1cccc2ccc(O)cc12.O=C(Cl)c1ccc2ccccc2c1.O=C(Nc1ccccc1-c1cccc2ccc(O)cc12)c1ccc2ccccc2c1.Oc1ccc2ccc3c(-c4ccc5ccccc5c4)nc4ccccc4c3c2c1. The molecular weight excluding hydrogens is 1480 g/mol. The maximum atomic E-state index is 13.0. The van der Waals surface area contributed by atoms with Gasteiger partial charge in [0.25, 0.3) is 11.1 Å². The summed E-state index contributed by atoms with van der Waals surface area (Å²) in [6.07, 6.45) is 0. The number of carbonyl (C=O) groups is 2. The first-order valence-corrected chi connectivity index (χ1v) is 39.7. The number of pyridine rings is 2. The molecular formula is C109H75ClN4O5. The van der Waals surface area contributed by atoms with Crippen molar-refractivity contribution >= 4 is 164 Å².